The first kappa shape index (κ1) is 14.4. The maximum Gasteiger partial charge on any atom is 0.401 e. The molecule has 0 saturated carbocycles. The molecule has 0 aliphatic carbocycles. The second-order valence-corrected chi connectivity index (χ2v) is 5.21. The molecule has 2 fully saturated rings. The lowest BCUT2D eigenvalue weighted by Gasteiger charge is -2.38. The van der Waals surface area contributed by atoms with Crippen molar-refractivity contribution in [2.75, 3.05) is 45.8 Å². The predicted octanol–water partition coefficient (Wildman–Crippen LogP) is 1.77. The zero-order valence-corrected chi connectivity index (χ0v) is 11.0. The molecule has 4 nitrogen and oxygen atoms in total. The normalized spacial score (nSPS) is 22.7. The van der Waals surface area contributed by atoms with Gasteiger partial charge in [-0.2, -0.15) is 13.2 Å². The van der Waals surface area contributed by atoms with Crippen LogP contribution in [0.5, 0.6) is 0 Å². The number of carbonyl (C=O) groups is 1. The zero-order chi connectivity index (χ0) is 13.9. The van der Waals surface area contributed by atoms with Crippen molar-refractivity contribution in [1.29, 1.82) is 0 Å². The lowest BCUT2D eigenvalue weighted by atomic mass is 10.1. The van der Waals surface area contributed by atoms with Crippen molar-refractivity contribution in [2.45, 2.75) is 25.4 Å². The predicted molar refractivity (Wildman–Crippen MR) is 64.9 cm³/mol. The Kier molecular flexibility index (Phi) is 4.54. The number of nitrogens with zero attached hydrogens (tertiary/aromatic N) is 3. The number of halogens is 3. The van der Waals surface area contributed by atoms with Gasteiger partial charge in [0, 0.05) is 39.3 Å². The third-order valence-electron chi connectivity index (χ3n) is 3.67. The highest BCUT2D eigenvalue weighted by atomic mass is 19.4. The quantitative estimate of drug-likeness (QED) is 0.731. The molecule has 2 heterocycles. The number of carbonyl (C=O) groups excluding carboxylic acids is 1. The van der Waals surface area contributed by atoms with E-state index in [0.29, 0.717) is 26.2 Å². The summed E-state index contributed by atoms with van der Waals surface area (Å²) < 4.78 is 36.8. The lowest BCUT2D eigenvalue weighted by molar-refractivity contribution is -0.148. The molecular weight excluding hydrogens is 259 g/mol. The van der Waals surface area contributed by atoms with Crippen LogP contribution in [0.2, 0.25) is 0 Å². The summed E-state index contributed by atoms with van der Waals surface area (Å²) in [4.78, 5) is 17.0. The first-order valence-corrected chi connectivity index (χ1v) is 6.79. The molecule has 0 unspecified atom stereocenters. The number of alkyl halides is 3. The summed E-state index contributed by atoms with van der Waals surface area (Å²) in [5, 5.41) is 0. The summed E-state index contributed by atoms with van der Waals surface area (Å²) in [5.74, 6) is 0. The van der Waals surface area contributed by atoms with Gasteiger partial charge in [0.2, 0.25) is 0 Å². The fourth-order valence-corrected chi connectivity index (χ4v) is 2.64. The summed E-state index contributed by atoms with van der Waals surface area (Å²) in [6.45, 7) is 2.08. The molecule has 2 saturated heterocycles. The molecule has 2 rings (SSSR count). The van der Waals surface area contributed by atoms with Crippen LogP contribution in [0.4, 0.5) is 18.0 Å². The molecule has 2 amide bonds. The van der Waals surface area contributed by atoms with Crippen LogP contribution in [0, 0.1) is 0 Å². The van der Waals surface area contributed by atoms with Gasteiger partial charge in [0.25, 0.3) is 0 Å². The Bertz CT molecular complexity index is 308. The van der Waals surface area contributed by atoms with E-state index in [0.717, 1.165) is 32.4 Å². The number of hydrogen-bond donors (Lipinski definition) is 0. The summed E-state index contributed by atoms with van der Waals surface area (Å²) in [6.07, 6.45) is -0.943. The third kappa shape index (κ3) is 4.26. The van der Waals surface area contributed by atoms with E-state index in [2.05, 4.69) is 0 Å². The van der Waals surface area contributed by atoms with Crippen LogP contribution >= 0.6 is 0 Å². The minimum atomic E-state index is -4.15. The van der Waals surface area contributed by atoms with Gasteiger partial charge in [-0.05, 0) is 19.3 Å². The van der Waals surface area contributed by atoms with Crippen molar-refractivity contribution in [2.24, 2.45) is 0 Å². The Morgan fingerprint density at radius 3 is 1.89 bits per heavy atom. The molecule has 7 heteroatoms. The SMILES string of the molecule is O=C(N1CCCCC1)N1CCN(CC(F)(F)F)CC1. The topological polar surface area (TPSA) is 26.8 Å². The van der Waals surface area contributed by atoms with E-state index in [4.69, 9.17) is 0 Å². The standard InChI is InChI=1S/C12H20F3N3O/c13-12(14,15)10-16-6-8-18(9-7-16)11(19)17-4-2-1-3-5-17/h1-10H2. The van der Waals surface area contributed by atoms with Gasteiger partial charge >= 0.3 is 12.2 Å². The van der Waals surface area contributed by atoms with Crippen molar-refractivity contribution in [1.82, 2.24) is 14.7 Å². The van der Waals surface area contributed by atoms with Crippen molar-refractivity contribution in [3.8, 4) is 0 Å². The minimum absolute atomic E-state index is 0.00800. The maximum absolute atomic E-state index is 12.3. The van der Waals surface area contributed by atoms with Crippen molar-refractivity contribution in [3.63, 3.8) is 0 Å². The molecule has 0 bridgehead atoms. The van der Waals surface area contributed by atoms with E-state index in [1.165, 1.54) is 4.90 Å². The zero-order valence-electron chi connectivity index (χ0n) is 11.0. The molecule has 0 N–H and O–H groups in total. The molecule has 0 radical (unpaired) electrons. The Hall–Kier alpha value is -0.980. The average molecular weight is 279 g/mol. The molecule has 19 heavy (non-hydrogen) atoms. The molecule has 0 aromatic rings. The number of likely N-dealkylation sites (tertiary alicyclic amines) is 1. The monoisotopic (exact) mass is 279 g/mol. The van der Waals surface area contributed by atoms with E-state index >= 15 is 0 Å². The highest BCUT2D eigenvalue weighted by molar-refractivity contribution is 5.74. The highest BCUT2D eigenvalue weighted by Gasteiger charge is 2.33. The Morgan fingerprint density at radius 2 is 1.37 bits per heavy atom. The molecule has 0 atom stereocenters. The van der Waals surface area contributed by atoms with Crippen LogP contribution in [-0.4, -0.2) is 72.7 Å². The van der Waals surface area contributed by atoms with Gasteiger partial charge in [0.05, 0.1) is 6.54 Å². The molecule has 0 aromatic heterocycles. The third-order valence-corrected chi connectivity index (χ3v) is 3.67. The van der Waals surface area contributed by atoms with Gasteiger partial charge < -0.3 is 9.80 Å². The van der Waals surface area contributed by atoms with Crippen LogP contribution in [0.3, 0.4) is 0 Å². The van der Waals surface area contributed by atoms with E-state index in [1.54, 1.807) is 4.90 Å². The average Bonchev–Trinajstić information content (AvgIpc) is 2.38. The first-order chi connectivity index (χ1) is 8.96. The molecule has 110 valence electrons. The molecule has 0 aromatic carbocycles. The van der Waals surface area contributed by atoms with Gasteiger partial charge in [-0.25, -0.2) is 4.79 Å². The van der Waals surface area contributed by atoms with Crippen LogP contribution in [-0.2, 0) is 0 Å². The Morgan fingerprint density at radius 1 is 0.842 bits per heavy atom. The van der Waals surface area contributed by atoms with Crippen molar-refractivity contribution in [3.05, 3.63) is 0 Å². The first-order valence-electron chi connectivity index (χ1n) is 6.79. The summed E-state index contributed by atoms with van der Waals surface area (Å²) in [5.41, 5.74) is 0. The van der Waals surface area contributed by atoms with Gasteiger partial charge in [-0.3, -0.25) is 4.90 Å². The van der Waals surface area contributed by atoms with Crippen LogP contribution < -0.4 is 0 Å². The number of amides is 2. The summed E-state index contributed by atoms with van der Waals surface area (Å²) in [6, 6.07) is -0.00800. The van der Waals surface area contributed by atoms with E-state index in [-0.39, 0.29) is 6.03 Å². The molecular formula is C12H20F3N3O. The van der Waals surface area contributed by atoms with E-state index < -0.39 is 12.7 Å². The lowest BCUT2D eigenvalue weighted by Crippen LogP contribution is -2.54. The van der Waals surface area contributed by atoms with E-state index in [1.807, 2.05) is 4.90 Å². The fourth-order valence-electron chi connectivity index (χ4n) is 2.64. The highest BCUT2D eigenvalue weighted by Crippen LogP contribution is 2.18. The number of rotatable bonds is 1. The maximum atomic E-state index is 12.3. The number of urea groups is 1. The largest absolute Gasteiger partial charge is 0.401 e. The molecule has 2 aliphatic heterocycles. The van der Waals surface area contributed by atoms with Crippen molar-refractivity contribution < 1.29 is 18.0 Å². The number of piperidine rings is 1. The molecule has 2 aliphatic rings. The summed E-state index contributed by atoms with van der Waals surface area (Å²) in [7, 11) is 0. The second kappa shape index (κ2) is 5.98. The number of hydrogen-bond acceptors (Lipinski definition) is 2. The number of piperazine rings is 1. The van der Waals surface area contributed by atoms with Gasteiger partial charge in [0.1, 0.15) is 0 Å². The van der Waals surface area contributed by atoms with Gasteiger partial charge in [-0.1, -0.05) is 0 Å². The Balaban J connectivity index is 1.77. The van der Waals surface area contributed by atoms with Gasteiger partial charge in [0.15, 0.2) is 0 Å². The fraction of sp³-hybridized carbons (Fsp3) is 0.917. The second-order valence-electron chi connectivity index (χ2n) is 5.21. The van der Waals surface area contributed by atoms with Gasteiger partial charge in [-0.15, -0.1) is 0 Å². The van der Waals surface area contributed by atoms with E-state index in [9.17, 15) is 18.0 Å². The molecule has 0 spiro atoms. The van der Waals surface area contributed by atoms with Crippen molar-refractivity contribution >= 4 is 6.03 Å². The van der Waals surface area contributed by atoms with Crippen LogP contribution in [0.15, 0.2) is 0 Å². The summed E-state index contributed by atoms with van der Waals surface area (Å²) >= 11 is 0. The smallest absolute Gasteiger partial charge is 0.325 e. The van der Waals surface area contributed by atoms with Crippen LogP contribution in [0.25, 0.3) is 0 Å². The van der Waals surface area contributed by atoms with Crippen LogP contribution in [0.1, 0.15) is 19.3 Å². The Labute approximate surface area is 111 Å². The minimum Gasteiger partial charge on any atom is -0.325 e.